The van der Waals surface area contributed by atoms with Crippen LogP contribution in [0.3, 0.4) is 0 Å². The van der Waals surface area contributed by atoms with Crippen molar-refractivity contribution in [2.45, 2.75) is 38.0 Å². The molecule has 0 spiro atoms. The van der Waals surface area contributed by atoms with Crippen molar-refractivity contribution in [3.63, 3.8) is 0 Å². The number of carbonyl (C=O) groups excluding carboxylic acids is 1. The van der Waals surface area contributed by atoms with Crippen molar-refractivity contribution in [1.29, 1.82) is 0 Å². The van der Waals surface area contributed by atoms with Crippen molar-refractivity contribution in [2.75, 3.05) is 20.6 Å². The Bertz CT molecular complexity index is 1030. The highest BCUT2D eigenvalue weighted by Crippen LogP contribution is 2.54. The minimum absolute atomic E-state index is 0.00461. The second kappa shape index (κ2) is 6.03. The van der Waals surface area contributed by atoms with Crippen molar-refractivity contribution in [1.82, 2.24) is 4.90 Å². The Kier molecular flexibility index (Phi) is 3.53. The molecule has 1 aliphatic carbocycles. The number of carbonyl (C=O) groups is 1. The molecule has 2 aromatic carbocycles. The number of ether oxygens (including phenoxy) is 5. The molecule has 7 nitrogen and oxygen atoms in total. The third-order valence-corrected chi connectivity index (χ3v) is 6.35. The summed E-state index contributed by atoms with van der Waals surface area (Å²) in [7, 11) is 2.10. The maximum absolute atomic E-state index is 11.9. The molecule has 0 N–H and O–H groups in total. The molecule has 0 fully saturated rings. The van der Waals surface area contributed by atoms with Gasteiger partial charge in [-0.1, -0.05) is 6.07 Å². The van der Waals surface area contributed by atoms with Gasteiger partial charge in [-0.15, -0.1) is 0 Å². The van der Waals surface area contributed by atoms with E-state index in [0.717, 1.165) is 46.2 Å². The van der Waals surface area contributed by atoms with E-state index >= 15 is 0 Å². The number of esters is 1. The van der Waals surface area contributed by atoms with Gasteiger partial charge < -0.3 is 23.7 Å². The molecule has 3 heterocycles. The first-order valence-corrected chi connectivity index (χ1v) is 9.81. The van der Waals surface area contributed by atoms with E-state index in [0.29, 0.717) is 6.42 Å². The Morgan fingerprint density at radius 2 is 1.79 bits per heavy atom. The largest absolute Gasteiger partial charge is 0.461 e. The summed E-state index contributed by atoms with van der Waals surface area (Å²) in [6.07, 6.45) is 0.362. The monoisotopic (exact) mass is 395 g/mol. The zero-order valence-corrected chi connectivity index (χ0v) is 16.3. The van der Waals surface area contributed by atoms with E-state index in [-0.39, 0.29) is 37.6 Å². The maximum Gasteiger partial charge on any atom is 0.302 e. The molecule has 150 valence electrons. The van der Waals surface area contributed by atoms with Gasteiger partial charge in [-0.2, -0.15) is 0 Å². The molecule has 0 aromatic heterocycles. The van der Waals surface area contributed by atoms with Crippen LogP contribution in [-0.4, -0.2) is 37.6 Å². The molecule has 3 atom stereocenters. The van der Waals surface area contributed by atoms with Crippen LogP contribution in [-0.2, 0) is 22.5 Å². The highest BCUT2D eigenvalue weighted by molar-refractivity contribution is 5.67. The van der Waals surface area contributed by atoms with E-state index in [1.165, 1.54) is 12.5 Å². The van der Waals surface area contributed by atoms with Crippen molar-refractivity contribution in [3.05, 3.63) is 46.5 Å². The topological polar surface area (TPSA) is 66.5 Å². The lowest BCUT2D eigenvalue weighted by molar-refractivity contribution is -0.149. The van der Waals surface area contributed by atoms with E-state index in [1.807, 2.05) is 12.1 Å². The van der Waals surface area contributed by atoms with E-state index in [9.17, 15) is 4.79 Å². The number of benzene rings is 2. The molecule has 2 aromatic rings. The zero-order chi connectivity index (χ0) is 19.7. The van der Waals surface area contributed by atoms with Crippen molar-refractivity contribution in [3.8, 4) is 23.0 Å². The van der Waals surface area contributed by atoms with Gasteiger partial charge in [-0.25, -0.2) is 0 Å². The second-order valence-electron chi connectivity index (χ2n) is 8.01. The average molecular weight is 395 g/mol. The van der Waals surface area contributed by atoms with Crippen LogP contribution >= 0.6 is 0 Å². The number of rotatable bonds is 1. The minimum Gasteiger partial charge on any atom is -0.461 e. The first kappa shape index (κ1) is 17.0. The van der Waals surface area contributed by atoms with Crippen LogP contribution in [0.5, 0.6) is 23.0 Å². The second-order valence-corrected chi connectivity index (χ2v) is 8.01. The number of likely N-dealkylation sites (N-methyl/N-ethyl adjacent to an activating group) is 1. The first-order valence-electron chi connectivity index (χ1n) is 9.81. The van der Waals surface area contributed by atoms with Crippen LogP contribution < -0.4 is 18.9 Å². The standard InChI is InChI=1S/C22H21NO6/c1-11(24)29-19-6-12-5-17-18(27-9-26-17)7-14(12)21-20(19)13-3-4-16-22(28-10-25-16)15(13)8-23(21)2/h3-5,7,19-21H,6,8-10H2,1-2H3. The van der Waals surface area contributed by atoms with E-state index in [4.69, 9.17) is 23.7 Å². The zero-order valence-electron chi connectivity index (χ0n) is 16.3. The smallest absolute Gasteiger partial charge is 0.302 e. The fourth-order valence-electron chi connectivity index (χ4n) is 5.27. The van der Waals surface area contributed by atoms with Gasteiger partial charge >= 0.3 is 5.97 Å². The summed E-state index contributed by atoms with van der Waals surface area (Å²) in [5.74, 6) is 2.85. The van der Waals surface area contributed by atoms with Crippen molar-refractivity contribution < 1.29 is 28.5 Å². The Hall–Kier alpha value is -2.93. The van der Waals surface area contributed by atoms with Crippen LogP contribution in [0.15, 0.2) is 24.3 Å². The molecule has 0 bridgehead atoms. The molecule has 3 unspecified atom stereocenters. The summed E-state index contributed by atoms with van der Waals surface area (Å²) in [4.78, 5) is 14.2. The third-order valence-electron chi connectivity index (χ3n) is 6.35. The summed E-state index contributed by atoms with van der Waals surface area (Å²) >= 11 is 0. The van der Waals surface area contributed by atoms with Gasteiger partial charge in [0.2, 0.25) is 13.6 Å². The Morgan fingerprint density at radius 3 is 2.62 bits per heavy atom. The van der Waals surface area contributed by atoms with Crippen molar-refractivity contribution >= 4 is 5.97 Å². The predicted molar refractivity (Wildman–Crippen MR) is 101 cm³/mol. The minimum atomic E-state index is -0.271. The lowest BCUT2D eigenvalue weighted by atomic mass is 9.70. The van der Waals surface area contributed by atoms with Gasteiger partial charge in [-0.3, -0.25) is 9.69 Å². The van der Waals surface area contributed by atoms with Gasteiger partial charge in [0.25, 0.3) is 0 Å². The van der Waals surface area contributed by atoms with Gasteiger partial charge in [0.1, 0.15) is 6.10 Å². The summed E-state index contributed by atoms with van der Waals surface area (Å²) in [5.41, 5.74) is 4.61. The van der Waals surface area contributed by atoms with E-state index < -0.39 is 0 Å². The highest BCUT2D eigenvalue weighted by Gasteiger charge is 2.47. The molecule has 3 aliphatic heterocycles. The molecule has 7 heteroatoms. The predicted octanol–water partition coefficient (Wildman–Crippen LogP) is 2.90. The first-order chi connectivity index (χ1) is 14.1. The SMILES string of the molecule is CC(=O)OC1Cc2cc3c(cc2C2C1c1ccc4c(c1CN2C)OCO4)OCO3. The third kappa shape index (κ3) is 2.43. The molecule has 0 radical (unpaired) electrons. The van der Waals surface area contributed by atoms with Crippen LogP contribution in [0.1, 0.15) is 41.1 Å². The molecular formula is C22H21NO6. The van der Waals surface area contributed by atoms with Gasteiger partial charge in [-0.05, 0) is 41.9 Å². The van der Waals surface area contributed by atoms with Crippen LogP contribution in [0.2, 0.25) is 0 Å². The lowest BCUT2D eigenvalue weighted by Gasteiger charge is -2.47. The molecule has 4 aliphatic rings. The van der Waals surface area contributed by atoms with Crippen LogP contribution in [0, 0.1) is 0 Å². The molecule has 0 saturated carbocycles. The summed E-state index contributed by atoms with van der Waals surface area (Å²) in [5, 5.41) is 0. The molecular weight excluding hydrogens is 374 g/mol. The lowest BCUT2D eigenvalue weighted by Crippen LogP contribution is -2.45. The van der Waals surface area contributed by atoms with Gasteiger partial charge in [0.05, 0.1) is 0 Å². The maximum atomic E-state index is 11.9. The van der Waals surface area contributed by atoms with Gasteiger partial charge in [0, 0.05) is 37.4 Å². The van der Waals surface area contributed by atoms with Crippen LogP contribution in [0.25, 0.3) is 0 Å². The highest BCUT2D eigenvalue weighted by atomic mass is 16.7. The van der Waals surface area contributed by atoms with E-state index in [1.54, 1.807) is 0 Å². The van der Waals surface area contributed by atoms with E-state index in [2.05, 4.69) is 24.1 Å². The Labute approximate surface area is 168 Å². The summed E-state index contributed by atoms with van der Waals surface area (Å²) in [6, 6.07) is 8.25. The molecule has 29 heavy (non-hydrogen) atoms. The number of nitrogens with zero attached hydrogens (tertiary/aromatic N) is 1. The number of hydrogen-bond acceptors (Lipinski definition) is 7. The average Bonchev–Trinajstić information content (AvgIpc) is 3.34. The fourth-order valence-corrected chi connectivity index (χ4v) is 5.27. The summed E-state index contributed by atoms with van der Waals surface area (Å²) in [6.45, 7) is 2.67. The number of hydrogen-bond donors (Lipinski definition) is 0. The molecule has 6 rings (SSSR count). The molecule has 0 saturated heterocycles. The normalized spacial score (nSPS) is 25.8. The van der Waals surface area contributed by atoms with Crippen molar-refractivity contribution in [2.24, 2.45) is 0 Å². The fraction of sp³-hybridized carbons (Fsp3) is 0.409. The summed E-state index contributed by atoms with van der Waals surface area (Å²) < 4.78 is 28.4. The quantitative estimate of drug-likeness (QED) is 0.688. The Morgan fingerprint density at radius 1 is 1.03 bits per heavy atom. The van der Waals surface area contributed by atoms with Crippen LogP contribution in [0.4, 0.5) is 0 Å². The molecule has 0 amide bonds. The Balaban J connectivity index is 1.53. The van der Waals surface area contributed by atoms with Gasteiger partial charge in [0.15, 0.2) is 23.0 Å². The number of fused-ring (bicyclic) bond motifs is 8.